The largest absolute Gasteiger partial charge is 0.372 e. The van der Waals surface area contributed by atoms with Crippen LogP contribution < -0.4 is 5.32 Å². The van der Waals surface area contributed by atoms with Gasteiger partial charge in [-0.15, -0.1) is 0 Å². The molecule has 1 saturated heterocycles. The van der Waals surface area contributed by atoms with Gasteiger partial charge in [-0.3, -0.25) is 0 Å². The van der Waals surface area contributed by atoms with E-state index in [0.29, 0.717) is 12.0 Å². The highest BCUT2D eigenvalue weighted by atomic mass is 16.5. The molecule has 2 rings (SSSR count). The van der Waals surface area contributed by atoms with Gasteiger partial charge in [0.15, 0.2) is 0 Å². The average molecular weight is 275 g/mol. The van der Waals surface area contributed by atoms with Gasteiger partial charge < -0.3 is 10.1 Å². The Kier molecular flexibility index (Phi) is 4.87. The van der Waals surface area contributed by atoms with Crippen molar-refractivity contribution in [2.24, 2.45) is 5.92 Å². The van der Waals surface area contributed by atoms with Gasteiger partial charge in [-0.05, 0) is 28.9 Å². The first-order valence-corrected chi connectivity index (χ1v) is 7.83. The lowest BCUT2D eigenvalue weighted by Crippen LogP contribution is -2.34. The molecule has 0 bridgehead atoms. The summed E-state index contributed by atoms with van der Waals surface area (Å²) in [6, 6.07) is 9.51. The Hall–Kier alpha value is -0.860. The summed E-state index contributed by atoms with van der Waals surface area (Å²) in [4.78, 5) is 0. The van der Waals surface area contributed by atoms with Crippen molar-refractivity contribution < 1.29 is 4.74 Å². The zero-order chi connectivity index (χ0) is 14.8. The number of hydrogen-bond acceptors (Lipinski definition) is 2. The molecular formula is C18H29NO. The van der Waals surface area contributed by atoms with Crippen molar-refractivity contribution in [1.29, 1.82) is 0 Å². The number of rotatable bonds is 2. The van der Waals surface area contributed by atoms with Crippen LogP contribution in [0.25, 0.3) is 0 Å². The van der Waals surface area contributed by atoms with E-state index in [2.05, 4.69) is 64.2 Å². The highest BCUT2D eigenvalue weighted by Crippen LogP contribution is 2.26. The van der Waals surface area contributed by atoms with Gasteiger partial charge >= 0.3 is 0 Å². The van der Waals surface area contributed by atoms with Crippen LogP contribution in [0.15, 0.2) is 24.3 Å². The zero-order valence-corrected chi connectivity index (χ0v) is 13.6. The Bertz CT molecular complexity index is 416. The third-order valence-corrected chi connectivity index (χ3v) is 4.27. The van der Waals surface area contributed by atoms with E-state index in [1.165, 1.54) is 11.1 Å². The zero-order valence-electron chi connectivity index (χ0n) is 13.6. The first-order valence-electron chi connectivity index (χ1n) is 7.83. The maximum atomic E-state index is 6.03. The van der Waals surface area contributed by atoms with Crippen molar-refractivity contribution in [2.75, 3.05) is 13.2 Å². The molecule has 1 N–H and O–H groups in total. The summed E-state index contributed by atoms with van der Waals surface area (Å²) in [5.41, 5.74) is 2.88. The summed E-state index contributed by atoms with van der Waals surface area (Å²) in [5, 5.41) is 3.65. The second kappa shape index (κ2) is 6.28. The molecule has 2 heteroatoms. The molecule has 1 aromatic carbocycles. The van der Waals surface area contributed by atoms with Crippen LogP contribution in [0.5, 0.6) is 0 Å². The second-order valence-electron chi connectivity index (χ2n) is 7.28. The van der Waals surface area contributed by atoms with Crippen molar-refractivity contribution >= 4 is 0 Å². The molecule has 0 aromatic heterocycles. The Balaban J connectivity index is 2.05. The molecule has 0 saturated carbocycles. The van der Waals surface area contributed by atoms with Crippen molar-refractivity contribution in [2.45, 2.75) is 58.6 Å². The van der Waals surface area contributed by atoms with Crippen LogP contribution in [0, 0.1) is 5.92 Å². The average Bonchev–Trinajstić information content (AvgIpc) is 2.63. The van der Waals surface area contributed by atoms with Crippen LogP contribution in [0.2, 0.25) is 0 Å². The standard InChI is InChI=1S/C18H29NO/c1-13(2)16-10-11-20-17(12-19-16)14-6-8-15(9-7-14)18(3,4)5/h6-9,13,16-17,19H,10-12H2,1-5H3. The van der Waals surface area contributed by atoms with Crippen molar-refractivity contribution in [3.05, 3.63) is 35.4 Å². The SMILES string of the molecule is CC(C)C1CCOC(c2ccc(C(C)(C)C)cc2)CN1. The van der Waals surface area contributed by atoms with Gasteiger partial charge in [0, 0.05) is 19.2 Å². The first kappa shape index (κ1) is 15.5. The van der Waals surface area contributed by atoms with Crippen molar-refractivity contribution in [1.82, 2.24) is 5.32 Å². The minimum Gasteiger partial charge on any atom is -0.372 e. The lowest BCUT2D eigenvalue weighted by Gasteiger charge is -2.22. The summed E-state index contributed by atoms with van der Waals surface area (Å²) in [5.74, 6) is 0.667. The first-order chi connectivity index (χ1) is 9.38. The summed E-state index contributed by atoms with van der Waals surface area (Å²) in [7, 11) is 0. The predicted octanol–water partition coefficient (Wildman–Crippen LogP) is 4.06. The fourth-order valence-electron chi connectivity index (χ4n) is 2.74. The van der Waals surface area contributed by atoms with E-state index >= 15 is 0 Å². The van der Waals surface area contributed by atoms with Gasteiger partial charge in [0.2, 0.25) is 0 Å². The second-order valence-corrected chi connectivity index (χ2v) is 7.28. The molecule has 2 nitrogen and oxygen atoms in total. The lowest BCUT2D eigenvalue weighted by molar-refractivity contribution is 0.0660. The monoisotopic (exact) mass is 275 g/mol. The lowest BCUT2D eigenvalue weighted by atomic mass is 9.86. The van der Waals surface area contributed by atoms with Gasteiger partial charge in [-0.2, -0.15) is 0 Å². The van der Waals surface area contributed by atoms with E-state index in [1.54, 1.807) is 0 Å². The maximum absolute atomic E-state index is 6.03. The van der Waals surface area contributed by atoms with Gasteiger partial charge in [0.1, 0.15) is 0 Å². The summed E-state index contributed by atoms with van der Waals surface area (Å²) in [6.07, 6.45) is 1.29. The fourth-order valence-corrected chi connectivity index (χ4v) is 2.74. The smallest absolute Gasteiger partial charge is 0.0949 e. The summed E-state index contributed by atoms with van der Waals surface area (Å²) < 4.78 is 6.03. The minimum absolute atomic E-state index is 0.188. The molecule has 0 spiro atoms. The molecule has 1 aromatic rings. The third kappa shape index (κ3) is 3.83. The van der Waals surface area contributed by atoms with E-state index in [0.717, 1.165) is 19.6 Å². The van der Waals surface area contributed by atoms with Crippen LogP contribution in [0.3, 0.4) is 0 Å². The van der Waals surface area contributed by atoms with E-state index in [4.69, 9.17) is 4.74 Å². The minimum atomic E-state index is 0.188. The molecular weight excluding hydrogens is 246 g/mol. The fraction of sp³-hybridized carbons (Fsp3) is 0.667. The third-order valence-electron chi connectivity index (χ3n) is 4.27. The molecule has 0 aliphatic carbocycles. The number of hydrogen-bond donors (Lipinski definition) is 1. The van der Waals surface area contributed by atoms with Crippen molar-refractivity contribution in [3.63, 3.8) is 0 Å². The topological polar surface area (TPSA) is 21.3 Å². The highest BCUT2D eigenvalue weighted by molar-refractivity contribution is 5.29. The van der Waals surface area contributed by atoms with Gasteiger partial charge in [0.25, 0.3) is 0 Å². The van der Waals surface area contributed by atoms with E-state index in [9.17, 15) is 0 Å². The quantitative estimate of drug-likeness (QED) is 0.879. The van der Waals surface area contributed by atoms with E-state index in [1.807, 2.05) is 0 Å². The molecule has 20 heavy (non-hydrogen) atoms. The molecule has 1 heterocycles. The summed E-state index contributed by atoms with van der Waals surface area (Å²) in [6.45, 7) is 13.1. The van der Waals surface area contributed by atoms with Crippen LogP contribution in [-0.2, 0) is 10.2 Å². The van der Waals surface area contributed by atoms with E-state index in [-0.39, 0.29) is 11.5 Å². The molecule has 2 atom stereocenters. The Labute approximate surface area is 123 Å². The molecule has 2 unspecified atom stereocenters. The van der Waals surface area contributed by atoms with Crippen LogP contribution in [-0.4, -0.2) is 19.2 Å². The maximum Gasteiger partial charge on any atom is 0.0949 e. The summed E-state index contributed by atoms with van der Waals surface area (Å²) >= 11 is 0. The number of nitrogens with one attached hydrogen (secondary N) is 1. The Morgan fingerprint density at radius 3 is 2.35 bits per heavy atom. The van der Waals surface area contributed by atoms with Gasteiger partial charge in [-0.1, -0.05) is 58.9 Å². The van der Waals surface area contributed by atoms with Crippen LogP contribution in [0.1, 0.15) is 58.3 Å². The van der Waals surface area contributed by atoms with Gasteiger partial charge in [0.05, 0.1) is 6.10 Å². The Morgan fingerprint density at radius 2 is 1.80 bits per heavy atom. The van der Waals surface area contributed by atoms with Gasteiger partial charge in [-0.25, -0.2) is 0 Å². The molecule has 1 aliphatic rings. The molecule has 1 aliphatic heterocycles. The number of benzene rings is 1. The molecule has 0 radical (unpaired) electrons. The normalized spacial score (nSPS) is 24.7. The van der Waals surface area contributed by atoms with Crippen LogP contribution in [0.4, 0.5) is 0 Å². The Morgan fingerprint density at radius 1 is 1.15 bits per heavy atom. The predicted molar refractivity (Wildman–Crippen MR) is 85.1 cm³/mol. The molecule has 0 amide bonds. The molecule has 1 fully saturated rings. The number of ether oxygens (including phenoxy) is 1. The van der Waals surface area contributed by atoms with E-state index < -0.39 is 0 Å². The van der Waals surface area contributed by atoms with Crippen LogP contribution >= 0.6 is 0 Å². The highest BCUT2D eigenvalue weighted by Gasteiger charge is 2.22. The van der Waals surface area contributed by atoms with Crippen molar-refractivity contribution in [3.8, 4) is 0 Å². The molecule has 112 valence electrons.